The molecule has 2 aromatic rings. The summed E-state index contributed by atoms with van der Waals surface area (Å²) < 4.78 is 0. The van der Waals surface area contributed by atoms with Gasteiger partial charge in [-0.15, -0.1) is 0 Å². The molecule has 0 bridgehead atoms. The lowest BCUT2D eigenvalue weighted by atomic mass is 10.0. The number of rotatable bonds is 6. The van der Waals surface area contributed by atoms with E-state index in [0.29, 0.717) is 11.3 Å². The van der Waals surface area contributed by atoms with Crippen LogP contribution >= 0.6 is 11.8 Å². The van der Waals surface area contributed by atoms with Gasteiger partial charge in [0, 0.05) is 23.7 Å². The predicted octanol–water partition coefficient (Wildman–Crippen LogP) is 3.31. The summed E-state index contributed by atoms with van der Waals surface area (Å²) in [5.74, 6) is 0. The fourth-order valence-electron chi connectivity index (χ4n) is 2.10. The zero-order chi connectivity index (χ0) is 13.5. The Morgan fingerprint density at radius 3 is 2.37 bits per heavy atom. The maximum atomic E-state index is 4.30. The lowest BCUT2D eigenvalue weighted by Crippen LogP contribution is -2.27. The van der Waals surface area contributed by atoms with Crippen molar-refractivity contribution in [2.75, 3.05) is 7.05 Å². The number of hydrogen-bond donors (Lipinski definition) is 1. The second kappa shape index (κ2) is 7.26. The summed E-state index contributed by atoms with van der Waals surface area (Å²) in [7, 11) is 2.01. The second-order valence-corrected chi connectivity index (χ2v) is 5.48. The van der Waals surface area contributed by atoms with E-state index >= 15 is 0 Å². The van der Waals surface area contributed by atoms with Gasteiger partial charge >= 0.3 is 0 Å². The van der Waals surface area contributed by atoms with Gasteiger partial charge in [-0.2, -0.15) is 0 Å². The van der Waals surface area contributed by atoms with Gasteiger partial charge in [0.2, 0.25) is 0 Å². The first-order valence-electron chi connectivity index (χ1n) is 6.51. The molecular weight excluding hydrogens is 254 g/mol. The monoisotopic (exact) mass is 273 g/mol. The maximum Gasteiger partial charge on any atom is 0.187 e. The minimum atomic E-state index is 0.306. The van der Waals surface area contributed by atoms with Crippen molar-refractivity contribution < 1.29 is 0 Å². The van der Waals surface area contributed by atoms with Gasteiger partial charge in [-0.1, -0.05) is 49.0 Å². The Balaban J connectivity index is 2.15. The molecule has 2 rings (SSSR count). The number of nitrogens with one attached hydrogen (secondary N) is 1. The summed E-state index contributed by atoms with van der Waals surface area (Å²) >= 11 is 1.73. The molecule has 0 amide bonds. The van der Waals surface area contributed by atoms with Gasteiger partial charge in [0.15, 0.2) is 5.16 Å². The van der Waals surface area contributed by atoms with Crippen molar-refractivity contribution in [3.8, 4) is 0 Å². The standard InChI is InChI=1S/C15H19N3S/c1-3-13(19-15-17-10-7-11-18-15)14(16-2)12-8-5-4-6-9-12/h4-11,13-14,16H,3H2,1-2H3. The first kappa shape index (κ1) is 14.0. The first-order chi connectivity index (χ1) is 9.35. The lowest BCUT2D eigenvalue weighted by molar-refractivity contribution is 0.554. The van der Waals surface area contributed by atoms with Gasteiger partial charge in [-0.05, 0) is 25.1 Å². The highest BCUT2D eigenvalue weighted by molar-refractivity contribution is 7.99. The van der Waals surface area contributed by atoms with Crippen LogP contribution in [0.5, 0.6) is 0 Å². The van der Waals surface area contributed by atoms with Crippen LogP contribution < -0.4 is 5.32 Å². The fourth-order valence-corrected chi connectivity index (χ4v) is 3.21. The Bertz CT molecular complexity index is 475. The summed E-state index contributed by atoms with van der Waals surface area (Å²) in [5, 5.41) is 4.66. The smallest absolute Gasteiger partial charge is 0.187 e. The van der Waals surface area contributed by atoms with E-state index in [9.17, 15) is 0 Å². The summed E-state index contributed by atoms with van der Waals surface area (Å²) in [4.78, 5) is 8.60. The minimum absolute atomic E-state index is 0.306. The van der Waals surface area contributed by atoms with Crippen LogP contribution in [-0.2, 0) is 0 Å². The quantitative estimate of drug-likeness (QED) is 0.647. The third kappa shape index (κ3) is 3.78. The van der Waals surface area contributed by atoms with Crippen LogP contribution in [0, 0.1) is 0 Å². The molecule has 0 radical (unpaired) electrons. The molecule has 0 spiro atoms. The Morgan fingerprint density at radius 2 is 1.79 bits per heavy atom. The number of hydrogen-bond acceptors (Lipinski definition) is 4. The van der Waals surface area contributed by atoms with E-state index in [1.807, 2.05) is 19.2 Å². The predicted molar refractivity (Wildman–Crippen MR) is 80.2 cm³/mol. The zero-order valence-electron chi connectivity index (χ0n) is 11.3. The van der Waals surface area contributed by atoms with Gasteiger partial charge in [-0.3, -0.25) is 0 Å². The van der Waals surface area contributed by atoms with E-state index in [-0.39, 0.29) is 0 Å². The molecule has 1 heterocycles. The van der Waals surface area contributed by atoms with E-state index in [0.717, 1.165) is 11.6 Å². The van der Waals surface area contributed by atoms with E-state index in [4.69, 9.17) is 0 Å². The van der Waals surface area contributed by atoms with Crippen molar-refractivity contribution >= 4 is 11.8 Å². The Labute approximate surface area is 118 Å². The Kier molecular flexibility index (Phi) is 5.36. The van der Waals surface area contributed by atoms with Crippen molar-refractivity contribution in [3.63, 3.8) is 0 Å². The average Bonchev–Trinajstić information content (AvgIpc) is 2.49. The summed E-state index contributed by atoms with van der Waals surface area (Å²) in [5.41, 5.74) is 1.31. The molecule has 0 aliphatic carbocycles. The molecule has 2 atom stereocenters. The molecule has 100 valence electrons. The Hall–Kier alpha value is -1.39. The van der Waals surface area contributed by atoms with Crippen molar-refractivity contribution in [2.24, 2.45) is 0 Å². The topological polar surface area (TPSA) is 37.8 Å². The molecule has 19 heavy (non-hydrogen) atoms. The average molecular weight is 273 g/mol. The van der Waals surface area contributed by atoms with Crippen molar-refractivity contribution in [3.05, 3.63) is 54.4 Å². The van der Waals surface area contributed by atoms with Crippen LogP contribution in [0.15, 0.2) is 53.9 Å². The molecule has 1 N–H and O–H groups in total. The summed E-state index contributed by atoms with van der Waals surface area (Å²) in [6.07, 6.45) is 4.64. The first-order valence-corrected chi connectivity index (χ1v) is 7.39. The van der Waals surface area contributed by atoms with Crippen LogP contribution in [0.3, 0.4) is 0 Å². The molecule has 0 fully saturated rings. The van der Waals surface area contributed by atoms with Gasteiger partial charge < -0.3 is 5.32 Å². The largest absolute Gasteiger partial charge is 0.312 e. The fraction of sp³-hybridized carbons (Fsp3) is 0.333. The van der Waals surface area contributed by atoms with E-state index in [1.165, 1.54) is 5.56 Å². The van der Waals surface area contributed by atoms with E-state index in [1.54, 1.807) is 24.2 Å². The molecule has 0 saturated carbocycles. The normalized spacial score (nSPS) is 14.0. The van der Waals surface area contributed by atoms with Crippen molar-refractivity contribution in [1.82, 2.24) is 15.3 Å². The van der Waals surface area contributed by atoms with Gasteiger partial charge in [-0.25, -0.2) is 9.97 Å². The zero-order valence-corrected chi connectivity index (χ0v) is 12.1. The van der Waals surface area contributed by atoms with E-state index < -0.39 is 0 Å². The minimum Gasteiger partial charge on any atom is -0.312 e. The van der Waals surface area contributed by atoms with Gasteiger partial charge in [0.25, 0.3) is 0 Å². The van der Waals surface area contributed by atoms with Gasteiger partial charge in [0.05, 0.1) is 0 Å². The number of aromatic nitrogens is 2. The van der Waals surface area contributed by atoms with Crippen LogP contribution in [0.2, 0.25) is 0 Å². The molecular formula is C15H19N3S. The van der Waals surface area contributed by atoms with Crippen LogP contribution in [0.25, 0.3) is 0 Å². The molecule has 1 aromatic carbocycles. The maximum absolute atomic E-state index is 4.30. The highest BCUT2D eigenvalue weighted by Crippen LogP contribution is 2.32. The summed E-state index contributed by atoms with van der Waals surface area (Å²) in [6.45, 7) is 2.20. The number of benzene rings is 1. The molecule has 2 unspecified atom stereocenters. The van der Waals surface area contributed by atoms with Crippen molar-refractivity contribution in [2.45, 2.75) is 29.8 Å². The highest BCUT2D eigenvalue weighted by atomic mass is 32.2. The Morgan fingerprint density at radius 1 is 1.11 bits per heavy atom. The third-order valence-corrected chi connectivity index (χ3v) is 4.37. The second-order valence-electron chi connectivity index (χ2n) is 4.27. The third-order valence-electron chi connectivity index (χ3n) is 3.04. The van der Waals surface area contributed by atoms with Crippen LogP contribution in [0.4, 0.5) is 0 Å². The van der Waals surface area contributed by atoms with E-state index in [2.05, 4.69) is 46.5 Å². The molecule has 1 aromatic heterocycles. The number of thioether (sulfide) groups is 1. The lowest BCUT2D eigenvalue weighted by Gasteiger charge is -2.25. The van der Waals surface area contributed by atoms with Crippen LogP contribution in [0.1, 0.15) is 24.9 Å². The molecule has 3 nitrogen and oxygen atoms in total. The van der Waals surface area contributed by atoms with Crippen LogP contribution in [-0.4, -0.2) is 22.3 Å². The molecule has 4 heteroatoms. The molecule has 0 aliphatic heterocycles. The molecule has 0 saturated heterocycles. The number of nitrogens with zero attached hydrogens (tertiary/aromatic N) is 2. The molecule has 0 aliphatic rings. The van der Waals surface area contributed by atoms with Crippen molar-refractivity contribution in [1.29, 1.82) is 0 Å². The summed E-state index contributed by atoms with van der Waals surface area (Å²) in [6, 6.07) is 12.7. The van der Waals surface area contributed by atoms with Gasteiger partial charge in [0.1, 0.15) is 0 Å². The SMILES string of the molecule is CCC(Sc1ncccn1)C(NC)c1ccccc1. The highest BCUT2D eigenvalue weighted by Gasteiger charge is 2.22.